The van der Waals surface area contributed by atoms with Gasteiger partial charge in [-0.15, -0.1) is 11.3 Å². The molecule has 0 saturated carbocycles. The zero-order valence-electron chi connectivity index (χ0n) is 9.73. The number of primary amides is 1. The van der Waals surface area contributed by atoms with Crippen LogP contribution in [0.15, 0.2) is 17.6 Å². The van der Waals surface area contributed by atoms with Crippen molar-refractivity contribution >= 4 is 33.4 Å². The molecule has 6 heteroatoms. The highest BCUT2D eigenvalue weighted by molar-refractivity contribution is 7.16. The minimum atomic E-state index is -0.617. The third-order valence-corrected chi connectivity index (χ3v) is 3.39. The quantitative estimate of drug-likeness (QED) is 0.864. The van der Waals surface area contributed by atoms with E-state index < -0.39 is 5.41 Å². The Morgan fingerprint density at radius 3 is 3.06 bits per heavy atom. The number of hydrogen-bond donors (Lipinski definition) is 2. The molecule has 5 nitrogen and oxygen atoms in total. The Hall–Kier alpha value is -1.69. The molecule has 0 unspecified atom stereocenters. The maximum absolute atomic E-state index is 11.2. The SMILES string of the molecule is CC(C)(CNc1ncc2ccsc2n1)C(N)=O. The second kappa shape index (κ2) is 4.29. The monoisotopic (exact) mass is 250 g/mol. The van der Waals surface area contributed by atoms with Crippen LogP contribution in [0.3, 0.4) is 0 Å². The molecule has 0 atom stereocenters. The zero-order valence-corrected chi connectivity index (χ0v) is 10.5. The predicted molar refractivity (Wildman–Crippen MR) is 68.9 cm³/mol. The Labute approximate surface area is 103 Å². The van der Waals surface area contributed by atoms with E-state index in [0.717, 1.165) is 10.2 Å². The number of amides is 1. The third-order valence-electron chi connectivity index (χ3n) is 2.56. The van der Waals surface area contributed by atoms with Crippen LogP contribution >= 0.6 is 11.3 Å². The molecule has 3 N–H and O–H groups in total. The van der Waals surface area contributed by atoms with Gasteiger partial charge in [-0.25, -0.2) is 9.97 Å². The van der Waals surface area contributed by atoms with Crippen LogP contribution in [-0.4, -0.2) is 22.4 Å². The van der Waals surface area contributed by atoms with Crippen LogP contribution in [0.1, 0.15) is 13.8 Å². The summed E-state index contributed by atoms with van der Waals surface area (Å²) in [6.45, 7) is 3.98. The van der Waals surface area contributed by atoms with Crippen molar-refractivity contribution in [2.75, 3.05) is 11.9 Å². The standard InChI is InChI=1S/C11H14N4OS/c1-11(2,9(12)16)6-14-10-13-5-7-3-4-17-8(7)15-10/h3-5H,6H2,1-2H3,(H2,12,16)(H,13,14,15). The molecular formula is C11H14N4OS. The minimum absolute atomic E-state index is 0.345. The van der Waals surface area contributed by atoms with Gasteiger partial charge >= 0.3 is 0 Å². The van der Waals surface area contributed by atoms with Gasteiger partial charge in [0.2, 0.25) is 11.9 Å². The first-order chi connectivity index (χ1) is 7.99. The molecule has 0 spiro atoms. The van der Waals surface area contributed by atoms with Crippen molar-refractivity contribution in [3.8, 4) is 0 Å². The lowest BCUT2D eigenvalue weighted by Crippen LogP contribution is -2.37. The van der Waals surface area contributed by atoms with E-state index in [1.807, 2.05) is 11.4 Å². The molecule has 17 heavy (non-hydrogen) atoms. The smallest absolute Gasteiger partial charge is 0.224 e. The van der Waals surface area contributed by atoms with Gasteiger partial charge in [0.05, 0.1) is 5.41 Å². The maximum Gasteiger partial charge on any atom is 0.224 e. The Morgan fingerprint density at radius 1 is 1.59 bits per heavy atom. The van der Waals surface area contributed by atoms with Gasteiger partial charge in [0.25, 0.3) is 0 Å². The van der Waals surface area contributed by atoms with Crippen molar-refractivity contribution in [2.45, 2.75) is 13.8 Å². The Morgan fingerprint density at radius 2 is 2.35 bits per heavy atom. The van der Waals surface area contributed by atoms with Gasteiger partial charge in [-0.2, -0.15) is 0 Å². The summed E-state index contributed by atoms with van der Waals surface area (Å²) in [6, 6.07) is 1.97. The summed E-state index contributed by atoms with van der Waals surface area (Å²) in [5, 5.41) is 6.02. The average Bonchev–Trinajstić information content (AvgIpc) is 2.73. The fraction of sp³-hybridized carbons (Fsp3) is 0.364. The number of carbonyl (C=O) groups is 1. The first-order valence-corrected chi connectivity index (χ1v) is 6.11. The number of hydrogen-bond acceptors (Lipinski definition) is 5. The zero-order chi connectivity index (χ0) is 12.5. The van der Waals surface area contributed by atoms with E-state index in [4.69, 9.17) is 5.73 Å². The molecule has 2 rings (SSSR count). The number of nitrogens with zero attached hydrogens (tertiary/aromatic N) is 2. The average molecular weight is 250 g/mol. The molecule has 2 heterocycles. The number of nitrogens with one attached hydrogen (secondary N) is 1. The lowest BCUT2D eigenvalue weighted by molar-refractivity contribution is -0.125. The molecule has 2 aromatic heterocycles. The predicted octanol–water partition coefficient (Wildman–Crippen LogP) is 1.61. The summed E-state index contributed by atoms with van der Waals surface area (Å²) in [5.41, 5.74) is 4.67. The Balaban J connectivity index is 2.11. The Bertz CT molecular complexity index is 549. The number of nitrogens with two attached hydrogens (primary N) is 1. The lowest BCUT2D eigenvalue weighted by atomic mass is 9.93. The molecule has 1 amide bonds. The first-order valence-electron chi connectivity index (χ1n) is 5.23. The molecule has 0 saturated heterocycles. The van der Waals surface area contributed by atoms with Crippen molar-refractivity contribution in [1.29, 1.82) is 0 Å². The number of fused-ring (bicyclic) bond motifs is 1. The van der Waals surface area contributed by atoms with Crippen molar-refractivity contribution in [1.82, 2.24) is 9.97 Å². The van der Waals surface area contributed by atoms with Gasteiger partial charge in [-0.05, 0) is 25.3 Å². The number of rotatable bonds is 4. The fourth-order valence-corrected chi connectivity index (χ4v) is 1.97. The highest BCUT2D eigenvalue weighted by atomic mass is 32.1. The summed E-state index contributed by atoms with van der Waals surface area (Å²) < 4.78 is 0. The van der Waals surface area contributed by atoms with E-state index in [1.54, 1.807) is 31.4 Å². The summed E-state index contributed by atoms with van der Waals surface area (Å²) in [4.78, 5) is 20.6. The van der Waals surface area contributed by atoms with Crippen LogP contribution in [0.5, 0.6) is 0 Å². The second-order valence-corrected chi connectivity index (χ2v) is 5.37. The normalized spacial score (nSPS) is 11.6. The van der Waals surface area contributed by atoms with Gasteiger partial charge in [0.1, 0.15) is 4.83 Å². The molecule has 0 aromatic carbocycles. The van der Waals surface area contributed by atoms with Crippen molar-refractivity contribution in [3.63, 3.8) is 0 Å². The molecule has 0 aliphatic carbocycles. The number of anilines is 1. The molecule has 0 bridgehead atoms. The fourth-order valence-electron chi connectivity index (χ4n) is 1.23. The van der Waals surface area contributed by atoms with E-state index in [1.165, 1.54) is 0 Å². The molecular weight excluding hydrogens is 236 g/mol. The Kier molecular flexibility index (Phi) is 2.97. The first kappa shape index (κ1) is 11.8. The van der Waals surface area contributed by atoms with Gasteiger partial charge < -0.3 is 11.1 Å². The molecule has 2 aromatic rings. The van der Waals surface area contributed by atoms with Crippen LogP contribution in [0.4, 0.5) is 5.95 Å². The van der Waals surface area contributed by atoms with Crippen LogP contribution in [0, 0.1) is 5.41 Å². The van der Waals surface area contributed by atoms with E-state index in [9.17, 15) is 4.79 Å². The van der Waals surface area contributed by atoms with Crippen LogP contribution in [-0.2, 0) is 4.79 Å². The van der Waals surface area contributed by atoms with Gasteiger partial charge in [0, 0.05) is 18.1 Å². The maximum atomic E-state index is 11.2. The van der Waals surface area contributed by atoms with E-state index in [0.29, 0.717) is 12.5 Å². The van der Waals surface area contributed by atoms with Crippen molar-refractivity contribution in [3.05, 3.63) is 17.6 Å². The highest BCUT2D eigenvalue weighted by Gasteiger charge is 2.24. The van der Waals surface area contributed by atoms with Crippen molar-refractivity contribution in [2.24, 2.45) is 11.1 Å². The summed E-state index contributed by atoms with van der Waals surface area (Å²) in [7, 11) is 0. The summed E-state index contributed by atoms with van der Waals surface area (Å²) in [5.74, 6) is 0.177. The molecule has 90 valence electrons. The van der Waals surface area contributed by atoms with E-state index in [2.05, 4.69) is 15.3 Å². The molecule has 0 fully saturated rings. The summed E-state index contributed by atoms with van der Waals surface area (Å²) >= 11 is 1.56. The summed E-state index contributed by atoms with van der Waals surface area (Å²) in [6.07, 6.45) is 1.76. The lowest BCUT2D eigenvalue weighted by Gasteiger charge is -2.20. The topological polar surface area (TPSA) is 80.9 Å². The second-order valence-electron chi connectivity index (χ2n) is 4.48. The third kappa shape index (κ3) is 2.52. The van der Waals surface area contributed by atoms with Gasteiger partial charge in [-0.1, -0.05) is 0 Å². The largest absolute Gasteiger partial charge is 0.369 e. The molecule has 0 aliphatic heterocycles. The van der Waals surface area contributed by atoms with E-state index in [-0.39, 0.29) is 5.91 Å². The number of thiophene rings is 1. The minimum Gasteiger partial charge on any atom is -0.369 e. The van der Waals surface area contributed by atoms with E-state index >= 15 is 0 Å². The van der Waals surface area contributed by atoms with Crippen LogP contribution < -0.4 is 11.1 Å². The number of carbonyl (C=O) groups excluding carboxylic acids is 1. The molecule has 0 aliphatic rings. The van der Waals surface area contributed by atoms with Crippen LogP contribution in [0.2, 0.25) is 0 Å². The van der Waals surface area contributed by atoms with Gasteiger partial charge in [0.15, 0.2) is 0 Å². The number of aromatic nitrogens is 2. The van der Waals surface area contributed by atoms with Crippen LogP contribution in [0.25, 0.3) is 10.2 Å². The van der Waals surface area contributed by atoms with Gasteiger partial charge in [-0.3, -0.25) is 4.79 Å². The highest BCUT2D eigenvalue weighted by Crippen LogP contribution is 2.19. The molecule has 0 radical (unpaired) electrons. The van der Waals surface area contributed by atoms with Crippen molar-refractivity contribution < 1.29 is 4.79 Å².